The zero-order valence-corrected chi connectivity index (χ0v) is 9.39. The van der Waals surface area contributed by atoms with Gasteiger partial charge in [-0.05, 0) is 17.7 Å². The fourth-order valence-electron chi connectivity index (χ4n) is 1.27. The largest absolute Gasteiger partial charge is 0.271 e. The molecule has 0 aliphatic rings. The van der Waals surface area contributed by atoms with E-state index in [0.29, 0.717) is 0 Å². The summed E-state index contributed by atoms with van der Waals surface area (Å²) < 4.78 is 47.7. The first-order chi connectivity index (χ1) is 7.33. The van der Waals surface area contributed by atoms with Crippen molar-refractivity contribution >= 4 is 9.84 Å². The van der Waals surface area contributed by atoms with E-state index in [1.54, 1.807) is 0 Å². The van der Waals surface area contributed by atoms with Crippen LogP contribution in [-0.2, 0) is 9.84 Å². The first-order valence-electron chi connectivity index (χ1n) is 4.42. The predicted octanol–water partition coefficient (Wildman–Crippen LogP) is 0.514. The zero-order chi connectivity index (χ0) is 12.3. The van der Waals surface area contributed by atoms with Gasteiger partial charge in [-0.1, -0.05) is 6.07 Å². The summed E-state index contributed by atoms with van der Waals surface area (Å²) >= 11 is 0. The van der Waals surface area contributed by atoms with Crippen LogP contribution in [0.2, 0.25) is 0 Å². The first-order valence-corrected chi connectivity index (χ1v) is 6.48. The van der Waals surface area contributed by atoms with Crippen LogP contribution in [0.3, 0.4) is 0 Å². The molecule has 1 unspecified atom stereocenters. The summed E-state index contributed by atoms with van der Waals surface area (Å²) in [6.45, 7) is 0. The topological polar surface area (TPSA) is 72.2 Å². The Labute approximate surface area is 92.3 Å². The lowest BCUT2D eigenvalue weighted by molar-refractivity contribution is 0.501. The van der Waals surface area contributed by atoms with Crippen LogP contribution in [0.25, 0.3) is 0 Å². The number of hydrogen-bond acceptors (Lipinski definition) is 4. The van der Waals surface area contributed by atoms with E-state index in [0.717, 1.165) is 18.4 Å². The summed E-state index contributed by atoms with van der Waals surface area (Å²) in [5.74, 6) is 2.86. The molecule has 1 aromatic rings. The summed E-state index contributed by atoms with van der Waals surface area (Å²) in [5.41, 5.74) is 2.54. The van der Waals surface area contributed by atoms with Gasteiger partial charge >= 0.3 is 0 Å². The average molecular weight is 250 g/mol. The maximum Gasteiger partial charge on any atom is 0.159 e. The highest BCUT2D eigenvalue weighted by Crippen LogP contribution is 2.17. The van der Waals surface area contributed by atoms with Crippen LogP contribution in [0.5, 0.6) is 0 Å². The summed E-state index contributed by atoms with van der Waals surface area (Å²) in [6, 6.07) is 2.38. The van der Waals surface area contributed by atoms with Crippen molar-refractivity contribution in [3.63, 3.8) is 0 Å². The molecule has 0 aromatic heterocycles. The molecule has 0 aliphatic heterocycles. The van der Waals surface area contributed by atoms with Crippen LogP contribution < -0.4 is 11.3 Å². The van der Waals surface area contributed by atoms with Gasteiger partial charge in [0.2, 0.25) is 0 Å². The van der Waals surface area contributed by atoms with Crippen LogP contribution in [0.1, 0.15) is 11.6 Å². The Balaban J connectivity index is 3.00. The lowest BCUT2D eigenvalue weighted by Crippen LogP contribution is -2.33. The highest BCUT2D eigenvalue weighted by molar-refractivity contribution is 7.90. The van der Waals surface area contributed by atoms with Crippen molar-refractivity contribution in [3.8, 4) is 0 Å². The van der Waals surface area contributed by atoms with E-state index < -0.39 is 27.5 Å². The van der Waals surface area contributed by atoms with Crippen molar-refractivity contribution in [1.82, 2.24) is 5.43 Å². The van der Waals surface area contributed by atoms with Crippen molar-refractivity contribution in [3.05, 3.63) is 35.4 Å². The minimum absolute atomic E-state index is 0.283. The SMILES string of the molecule is CS(=O)(=O)CC(NN)c1ccc(F)c(F)c1. The number of hydrogen-bond donors (Lipinski definition) is 2. The van der Waals surface area contributed by atoms with E-state index in [-0.39, 0.29) is 11.3 Å². The Morgan fingerprint density at radius 3 is 2.44 bits per heavy atom. The molecule has 0 radical (unpaired) electrons. The minimum atomic E-state index is -3.27. The van der Waals surface area contributed by atoms with E-state index in [2.05, 4.69) is 5.43 Å². The van der Waals surface area contributed by atoms with Crippen molar-refractivity contribution < 1.29 is 17.2 Å². The molecule has 1 atom stereocenters. The Morgan fingerprint density at radius 1 is 1.38 bits per heavy atom. The summed E-state index contributed by atoms with van der Waals surface area (Å²) in [5, 5.41) is 0. The Kier molecular flexibility index (Phi) is 3.95. The van der Waals surface area contributed by atoms with Gasteiger partial charge in [-0.15, -0.1) is 0 Å². The number of benzene rings is 1. The summed E-state index contributed by atoms with van der Waals surface area (Å²) in [7, 11) is -3.27. The number of rotatable bonds is 4. The second-order valence-electron chi connectivity index (χ2n) is 3.49. The molecule has 0 heterocycles. The molecule has 0 fully saturated rings. The molecule has 0 amide bonds. The van der Waals surface area contributed by atoms with E-state index >= 15 is 0 Å². The molecular weight excluding hydrogens is 238 g/mol. The second kappa shape index (κ2) is 4.86. The van der Waals surface area contributed by atoms with Crippen molar-refractivity contribution in [1.29, 1.82) is 0 Å². The smallest absolute Gasteiger partial charge is 0.159 e. The molecular formula is C9H12F2N2O2S. The average Bonchev–Trinajstić information content (AvgIpc) is 2.17. The Bertz CT molecular complexity index is 476. The van der Waals surface area contributed by atoms with Gasteiger partial charge in [-0.25, -0.2) is 17.2 Å². The molecule has 7 heteroatoms. The molecule has 0 bridgehead atoms. The Morgan fingerprint density at radius 2 is 2.00 bits per heavy atom. The summed E-state index contributed by atoms with van der Waals surface area (Å²) in [4.78, 5) is 0. The third kappa shape index (κ3) is 3.51. The van der Waals surface area contributed by atoms with Crippen molar-refractivity contribution in [2.45, 2.75) is 6.04 Å². The molecule has 0 aliphatic carbocycles. The third-order valence-corrected chi connectivity index (χ3v) is 2.96. The van der Waals surface area contributed by atoms with Gasteiger partial charge in [0, 0.05) is 6.26 Å². The predicted molar refractivity (Wildman–Crippen MR) is 56.1 cm³/mol. The maximum atomic E-state index is 12.9. The molecule has 90 valence electrons. The van der Waals surface area contributed by atoms with E-state index in [9.17, 15) is 17.2 Å². The molecule has 0 saturated carbocycles. The monoisotopic (exact) mass is 250 g/mol. The van der Waals surface area contributed by atoms with Crippen molar-refractivity contribution in [2.24, 2.45) is 5.84 Å². The fraction of sp³-hybridized carbons (Fsp3) is 0.333. The van der Waals surface area contributed by atoms with Crippen LogP contribution in [0.4, 0.5) is 8.78 Å². The van der Waals surface area contributed by atoms with Crippen molar-refractivity contribution in [2.75, 3.05) is 12.0 Å². The number of sulfone groups is 1. The standard InChI is InChI=1S/C9H12F2N2O2S/c1-16(14,15)5-9(13-12)6-2-3-7(10)8(11)4-6/h2-4,9,13H,5,12H2,1H3. The second-order valence-corrected chi connectivity index (χ2v) is 5.67. The molecule has 1 aromatic carbocycles. The quantitative estimate of drug-likeness (QED) is 0.603. The van der Waals surface area contributed by atoms with Crippen LogP contribution in [0.15, 0.2) is 18.2 Å². The highest BCUT2D eigenvalue weighted by Gasteiger charge is 2.17. The van der Waals surface area contributed by atoms with Gasteiger partial charge < -0.3 is 0 Å². The number of hydrazine groups is 1. The molecule has 16 heavy (non-hydrogen) atoms. The van der Waals surface area contributed by atoms with Gasteiger partial charge in [-0.2, -0.15) is 0 Å². The fourth-order valence-corrected chi connectivity index (χ4v) is 2.17. The number of halogens is 2. The van der Waals surface area contributed by atoms with E-state index in [1.165, 1.54) is 6.07 Å². The van der Waals surface area contributed by atoms with Gasteiger partial charge in [0.05, 0.1) is 11.8 Å². The third-order valence-electron chi connectivity index (χ3n) is 2.02. The molecule has 1 rings (SSSR count). The van der Waals surface area contributed by atoms with Gasteiger partial charge in [-0.3, -0.25) is 11.3 Å². The Hall–Kier alpha value is -1.05. The first kappa shape index (κ1) is 13.0. The summed E-state index contributed by atoms with van der Waals surface area (Å²) in [6.07, 6.45) is 1.04. The normalized spacial score (nSPS) is 13.8. The molecule has 4 nitrogen and oxygen atoms in total. The zero-order valence-electron chi connectivity index (χ0n) is 8.57. The molecule has 0 saturated heterocycles. The minimum Gasteiger partial charge on any atom is -0.271 e. The highest BCUT2D eigenvalue weighted by atomic mass is 32.2. The van der Waals surface area contributed by atoms with E-state index in [4.69, 9.17) is 5.84 Å². The lowest BCUT2D eigenvalue weighted by Gasteiger charge is -2.15. The maximum absolute atomic E-state index is 12.9. The van der Waals surface area contributed by atoms with Crippen LogP contribution >= 0.6 is 0 Å². The van der Waals surface area contributed by atoms with Crippen LogP contribution in [0, 0.1) is 11.6 Å². The van der Waals surface area contributed by atoms with Gasteiger partial charge in [0.1, 0.15) is 9.84 Å². The molecule has 3 N–H and O–H groups in total. The van der Waals surface area contributed by atoms with E-state index in [1.807, 2.05) is 0 Å². The number of nitrogens with two attached hydrogens (primary N) is 1. The van der Waals surface area contributed by atoms with Gasteiger partial charge in [0.25, 0.3) is 0 Å². The van der Waals surface area contributed by atoms with Crippen LogP contribution in [-0.4, -0.2) is 20.4 Å². The number of nitrogens with one attached hydrogen (secondary N) is 1. The van der Waals surface area contributed by atoms with Gasteiger partial charge in [0.15, 0.2) is 11.6 Å². The molecule has 0 spiro atoms. The lowest BCUT2D eigenvalue weighted by atomic mass is 10.1.